The summed E-state index contributed by atoms with van der Waals surface area (Å²) in [5.74, 6) is 0.648. The normalized spacial score (nSPS) is 34.8. The van der Waals surface area contributed by atoms with Gasteiger partial charge in [0, 0.05) is 6.04 Å². The Hall–Kier alpha value is -0.0800. The number of hydrogen-bond acceptors (Lipinski definition) is 2. The third kappa shape index (κ3) is 1.96. The molecule has 1 aliphatic heterocycles. The minimum atomic E-state index is -0.249. The Morgan fingerprint density at radius 1 is 1.40 bits per heavy atom. The maximum atomic E-state index is 9.22. The molecule has 0 aromatic carbocycles. The summed E-state index contributed by atoms with van der Waals surface area (Å²) in [4.78, 5) is 0. The highest BCUT2D eigenvalue weighted by molar-refractivity contribution is 4.76. The second kappa shape index (κ2) is 3.35. The molecule has 10 heavy (non-hydrogen) atoms. The van der Waals surface area contributed by atoms with Crippen LogP contribution < -0.4 is 5.32 Å². The van der Waals surface area contributed by atoms with E-state index in [1.54, 1.807) is 0 Å². The molecule has 0 saturated carbocycles. The van der Waals surface area contributed by atoms with E-state index in [0.717, 1.165) is 12.8 Å². The third-order valence-corrected chi connectivity index (χ3v) is 2.20. The maximum absolute atomic E-state index is 9.22. The quantitative estimate of drug-likeness (QED) is 0.576. The van der Waals surface area contributed by atoms with Crippen LogP contribution in [0.2, 0.25) is 0 Å². The number of nitrogens with one attached hydrogen (secondary N) is 1. The van der Waals surface area contributed by atoms with Gasteiger partial charge >= 0.3 is 0 Å². The topological polar surface area (TPSA) is 32.3 Å². The molecule has 2 N–H and O–H groups in total. The molecule has 2 nitrogen and oxygen atoms in total. The van der Waals surface area contributed by atoms with Crippen molar-refractivity contribution in [2.24, 2.45) is 5.92 Å². The first-order valence-electron chi connectivity index (χ1n) is 4.14. The molecular formula is C8H17NO. The first kappa shape index (κ1) is 8.02. The van der Waals surface area contributed by atoms with E-state index in [1.807, 2.05) is 0 Å². The Bertz CT molecular complexity index is 103. The van der Waals surface area contributed by atoms with Gasteiger partial charge in [0.1, 0.15) is 6.23 Å². The van der Waals surface area contributed by atoms with Crippen LogP contribution in [-0.2, 0) is 0 Å². The molecular weight excluding hydrogens is 126 g/mol. The van der Waals surface area contributed by atoms with E-state index in [2.05, 4.69) is 19.2 Å². The van der Waals surface area contributed by atoms with Gasteiger partial charge < -0.3 is 5.11 Å². The average Bonchev–Trinajstić information content (AvgIpc) is 1.88. The van der Waals surface area contributed by atoms with Crippen molar-refractivity contribution in [3.8, 4) is 0 Å². The van der Waals surface area contributed by atoms with Crippen LogP contribution in [0.1, 0.15) is 33.1 Å². The van der Waals surface area contributed by atoms with Crippen molar-refractivity contribution in [3.05, 3.63) is 0 Å². The second-order valence-electron chi connectivity index (χ2n) is 3.46. The fourth-order valence-electron chi connectivity index (χ4n) is 1.47. The predicted molar refractivity (Wildman–Crippen MR) is 41.6 cm³/mol. The summed E-state index contributed by atoms with van der Waals surface area (Å²) in [6, 6.07) is 0.531. The van der Waals surface area contributed by atoms with Gasteiger partial charge in [-0.2, -0.15) is 0 Å². The van der Waals surface area contributed by atoms with Crippen molar-refractivity contribution < 1.29 is 5.11 Å². The van der Waals surface area contributed by atoms with Gasteiger partial charge in [-0.05, 0) is 25.2 Å². The molecule has 1 aliphatic rings. The van der Waals surface area contributed by atoms with Crippen LogP contribution in [-0.4, -0.2) is 17.4 Å². The summed E-state index contributed by atoms with van der Waals surface area (Å²) < 4.78 is 0. The first-order valence-corrected chi connectivity index (χ1v) is 4.14. The SMILES string of the molecule is CC(C)C1CCCC(O)N1. The third-order valence-electron chi connectivity index (χ3n) is 2.20. The minimum absolute atomic E-state index is 0.249. The van der Waals surface area contributed by atoms with E-state index in [1.165, 1.54) is 6.42 Å². The summed E-state index contributed by atoms with van der Waals surface area (Å²) >= 11 is 0. The van der Waals surface area contributed by atoms with Crippen LogP contribution in [0.4, 0.5) is 0 Å². The summed E-state index contributed by atoms with van der Waals surface area (Å²) in [6.45, 7) is 4.38. The lowest BCUT2D eigenvalue weighted by Gasteiger charge is -2.30. The van der Waals surface area contributed by atoms with Crippen LogP contribution in [0.25, 0.3) is 0 Å². The summed E-state index contributed by atoms with van der Waals surface area (Å²) in [5, 5.41) is 12.4. The van der Waals surface area contributed by atoms with Crippen LogP contribution in [0, 0.1) is 5.92 Å². The molecule has 0 aliphatic carbocycles. The number of piperidine rings is 1. The standard InChI is InChI=1S/C8H17NO/c1-6(2)7-4-3-5-8(10)9-7/h6-10H,3-5H2,1-2H3. The Kier molecular flexibility index (Phi) is 2.69. The van der Waals surface area contributed by atoms with Crippen molar-refractivity contribution in [2.45, 2.75) is 45.4 Å². The van der Waals surface area contributed by atoms with E-state index >= 15 is 0 Å². The molecule has 0 aromatic rings. The molecule has 2 unspecified atom stereocenters. The van der Waals surface area contributed by atoms with E-state index in [4.69, 9.17) is 0 Å². The van der Waals surface area contributed by atoms with Crippen molar-refractivity contribution in [1.82, 2.24) is 5.32 Å². The molecule has 0 radical (unpaired) electrons. The maximum Gasteiger partial charge on any atom is 0.105 e. The van der Waals surface area contributed by atoms with E-state index in [9.17, 15) is 5.11 Å². The zero-order chi connectivity index (χ0) is 7.56. The number of hydrogen-bond donors (Lipinski definition) is 2. The molecule has 60 valence electrons. The van der Waals surface area contributed by atoms with Crippen LogP contribution in [0.5, 0.6) is 0 Å². The molecule has 1 fully saturated rings. The van der Waals surface area contributed by atoms with Crippen LogP contribution >= 0.6 is 0 Å². The predicted octanol–water partition coefficient (Wildman–Crippen LogP) is 1.10. The van der Waals surface area contributed by atoms with Gasteiger partial charge in [0.25, 0.3) is 0 Å². The molecule has 0 spiro atoms. The largest absolute Gasteiger partial charge is 0.379 e. The highest BCUT2D eigenvalue weighted by Gasteiger charge is 2.20. The minimum Gasteiger partial charge on any atom is -0.379 e. The van der Waals surface area contributed by atoms with Gasteiger partial charge in [0.2, 0.25) is 0 Å². The average molecular weight is 143 g/mol. The smallest absolute Gasteiger partial charge is 0.105 e. The highest BCUT2D eigenvalue weighted by atomic mass is 16.3. The van der Waals surface area contributed by atoms with Crippen molar-refractivity contribution in [2.75, 3.05) is 0 Å². The molecule has 2 heteroatoms. The van der Waals surface area contributed by atoms with Crippen molar-refractivity contribution in [1.29, 1.82) is 0 Å². The summed E-state index contributed by atoms with van der Waals surface area (Å²) in [7, 11) is 0. The summed E-state index contributed by atoms with van der Waals surface area (Å²) in [6.07, 6.45) is 3.05. The van der Waals surface area contributed by atoms with Crippen molar-refractivity contribution in [3.63, 3.8) is 0 Å². The summed E-state index contributed by atoms with van der Waals surface area (Å²) in [5.41, 5.74) is 0. The molecule has 1 saturated heterocycles. The molecule has 1 heterocycles. The molecule has 0 bridgehead atoms. The number of aliphatic hydroxyl groups is 1. The fourth-order valence-corrected chi connectivity index (χ4v) is 1.47. The highest BCUT2D eigenvalue weighted by Crippen LogP contribution is 2.16. The van der Waals surface area contributed by atoms with Crippen LogP contribution in [0.15, 0.2) is 0 Å². The van der Waals surface area contributed by atoms with Gasteiger partial charge in [-0.25, -0.2) is 0 Å². The van der Waals surface area contributed by atoms with Gasteiger partial charge in [-0.15, -0.1) is 0 Å². The fraction of sp³-hybridized carbons (Fsp3) is 1.00. The molecule has 0 aromatic heterocycles. The molecule has 1 rings (SSSR count). The van der Waals surface area contributed by atoms with Gasteiger partial charge in [-0.3, -0.25) is 5.32 Å². The van der Waals surface area contributed by atoms with Crippen LogP contribution in [0.3, 0.4) is 0 Å². The lowest BCUT2D eigenvalue weighted by Crippen LogP contribution is -2.44. The first-order chi connectivity index (χ1) is 4.70. The van der Waals surface area contributed by atoms with Gasteiger partial charge in [0.15, 0.2) is 0 Å². The van der Waals surface area contributed by atoms with Gasteiger partial charge in [-0.1, -0.05) is 13.8 Å². The zero-order valence-electron chi connectivity index (χ0n) is 6.80. The number of aliphatic hydroxyl groups excluding tert-OH is 1. The lowest BCUT2D eigenvalue weighted by molar-refractivity contribution is 0.0740. The zero-order valence-corrected chi connectivity index (χ0v) is 6.80. The Morgan fingerprint density at radius 3 is 2.50 bits per heavy atom. The molecule has 2 atom stereocenters. The lowest BCUT2D eigenvalue weighted by atomic mass is 9.94. The van der Waals surface area contributed by atoms with E-state index in [-0.39, 0.29) is 6.23 Å². The van der Waals surface area contributed by atoms with Crippen molar-refractivity contribution >= 4 is 0 Å². The monoisotopic (exact) mass is 143 g/mol. The second-order valence-corrected chi connectivity index (χ2v) is 3.46. The van der Waals surface area contributed by atoms with E-state index in [0.29, 0.717) is 12.0 Å². The Labute approximate surface area is 62.6 Å². The molecule has 0 amide bonds. The van der Waals surface area contributed by atoms with Gasteiger partial charge in [0.05, 0.1) is 0 Å². The Morgan fingerprint density at radius 2 is 2.10 bits per heavy atom. The van der Waals surface area contributed by atoms with E-state index < -0.39 is 0 Å². The Balaban J connectivity index is 2.32. The number of rotatable bonds is 1.